The number of thioether (sulfide) groups is 1. The molecule has 1 N–H and O–H groups in total. The highest BCUT2D eigenvalue weighted by atomic mass is 32.2. The van der Waals surface area contributed by atoms with Gasteiger partial charge >= 0.3 is 5.97 Å². The number of ketones is 1. The first-order valence-corrected chi connectivity index (χ1v) is 9.56. The van der Waals surface area contributed by atoms with Gasteiger partial charge in [0, 0.05) is 10.5 Å². The standard InChI is InChI=1S/C21H21NO4S/c1-12-8-13(2)20(14(3)9-12)16(23)11-26-19(24)10-18-21(25)22-15-6-4-5-7-17(15)27-18/h4-9,18H,10-11H2,1-3H3,(H,22,25). The van der Waals surface area contributed by atoms with Crippen LogP contribution in [0, 0.1) is 20.8 Å². The van der Waals surface area contributed by atoms with Crippen molar-refractivity contribution in [3.8, 4) is 0 Å². The average Bonchev–Trinajstić information content (AvgIpc) is 2.59. The van der Waals surface area contributed by atoms with E-state index in [1.165, 1.54) is 11.8 Å². The van der Waals surface area contributed by atoms with Gasteiger partial charge in [-0.1, -0.05) is 29.8 Å². The van der Waals surface area contributed by atoms with Gasteiger partial charge in [-0.25, -0.2) is 0 Å². The first kappa shape index (κ1) is 19.2. The largest absolute Gasteiger partial charge is 0.457 e. The Morgan fingerprint density at radius 1 is 1.11 bits per heavy atom. The highest BCUT2D eigenvalue weighted by Gasteiger charge is 2.29. The number of para-hydroxylation sites is 1. The Bertz CT molecular complexity index is 899. The number of ether oxygens (including phenoxy) is 1. The van der Waals surface area contributed by atoms with E-state index in [9.17, 15) is 14.4 Å². The van der Waals surface area contributed by atoms with Crippen LogP contribution in [0.15, 0.2) is 41.3 Å². The van der Waals surface area contributed by atoms with E-state index in [-0.39, 0.29) is 24.7 Å². The highest BCUT2D eigenvalue weighted by molar-refractivity contribution is 8.01. The van der Waals surface area contributed by atoms with Gasteiger partial charge in [0.2, 0.25) is 11.7 Å². The summed E-state index contributed by atoms with van der Waals surface area (Å²) in [5.41, 5.74) is 4.16. The van der Waals surface area contributed by atoms with Crippen LogP contribution in [0.3, 0.4) is 0 Å². The molecule has 0 saturated carbocycles. The molecule has 1 aliphatic rings. The fourth-order valence-corrected chi connectivity index (χ4v) is 4.37. The lowest BCUT2D eigenvalue weighted by Gasteiger charge is -2.23. The average molecular weight is 383 g/mol. The molecule has 1 aliphatic heterocycles. The maximum atomic E-state index is 12.5. The molecule has 140 valence electrons. The molecule has 1 amide bonds. The summed E-state index contributed by atoms with van der Waals surface area (Å²) in [6.45, 7) is 5.39. The van der Waals surface area contributed by atoms with E-state index in [0.717, 1.165) is 27.3 Å². The summed E-state index contributed by atoms with van der Waals surface area (Å²) in [6.07, 6.45) is -0.0794. The van der Waals surface area contributed by atoms with Crippen LogP contribution in [0.1, 0.15) is 33.5 Å². The number of hydrogen-bond acceptors (Lipinski definition) is 5. The minimum Gasteiger partial charge on any atom is -0.457 e. The molecule has 1 unspecified atom stereocenters. The van der Waals surface area contributed by atoms with Crippen molar-refractivity contribution in [1.82, 2.24) is 0 Å². The SMILES string of the molecule is Cc1cc(C)c(C(=O)COC(=O)CC2Sc3ccccc3NC2=O)c(C)c1. The van der Waals surface area contributed by atoms with Crippen molar-refractivity contribution < 1.29 is 19.1 Å². The summed E-state index contributed by atoms with van der Waals surface area (Å²) in [5.74, 6) is -1.02. The van der Waals surface area contributed by atoms with Crippen molar-refractivity contribution in [3.63, 3.8) is 0 Å². The van der Waals surface area contributed by atoms with Crippen molar-refractivity contribution >= 4 is 35.1 Å². The Balaban J connectivity index is 1.59. The molecule has 5 nitrogen and oxygen atoms in total. The topological polar surface area (TPSA) is 72.5 Å². The molecule has 0 aliphatic carbocycles. The van der Waals surface area contributed by atoms with E-state index in [4.69, 9.17) is 4.74 Å². The first-order chi connectivity index (χ1) is 12.8. The fraction of sp³-hybridized carbons (Fsp3) is 0.286. The number of amides is 1. The number of esters is 1. The van der Waals surface area contributed by atoms with Gasteiger partial charge in [0.15, 0.2) is 6.61 Å². The molecule has 27 heavy (non-hydrogen) atoms. The van der Waals surface area contributed by atoms with Gasteiger partial charge in [0.05, 0.1) is 17.4 Å². The van der Waals surface area contributed by atoms with E-state index in [2.05, 4.69) is 5.32 Å². The fourth-order valence-electron chi connectivity index (χ4n) is 3.28. The third-order valence-electron chi connectivity index (χ3n) is 4.38. The zero-order valence-corrected chi connectivity index (χ0v) is 16.3. The van der Waals surface area contributed by atoms with Crippen molar-refractivity contribution in [1.29, 1.82) is 0 Å². The van der Waals surface area contributed by atoms with Crippen LogP contribution in [0.5, 0.6) is 0 Å². The molecule has 3 rings (SSSR count). The lowest BCUT2D eigenvalue weighted by atomic mass is 9.97. The van der Waals surface area contributed by atoms with Gasteiger partial charge < -0.3 is 10.1 Å². The maximum absolute atomic E-state index is 12.5. The van der Waals surface area contributed by atoms with Gasteiger partial charge in [0.25, 0.3) is 0 Å². The molecule has 0 radical (unpaired) electrons. The van der Waals surface area contributed by atoms with Crippen molar-refractivity contribution in [2.75, 3.05) is 11.9 Å². The van der Waals surface area contributed by atoms with Crippen LogP contribution in [0.4, 0.5) is 5.69 Å². The normalized spacial score (nSPS) is 15.7. The van der Waals surface area contributed by atoms with Gasteiger partial charge in [-0.05, 0) is 44.0 Å². The molecule has 1 heterocycles. The van der Waals surface area contributed by atoms with E-state index in [1.807, 2.05) is 57.2 Å². The number of hydrogen-bond donors (Lipinski definition) is 1. The van der Waals surface area contributed by atoms with Crippen molar-refractivity contribution in [2.24, 2.45) is 0 Å². The molecule has 0 fully saturated rings. The van der Waals surface area contributed by atoms with E-state index in [0.29, 0.717) is 5.56 Å². The number of benzene rings is 2. The number of rotatable bonds is 5. The number of nitrogens with one attached hydrogen (secondary N) is 1. The summed E-state index contributed by atoms with van der Waals surface area (Å²) < 4.78 is 5.16. The quantitative estimate of drug-likeness (QED) is 0.627. The van der Waals surface area contributed by atoms with Crippen molar-refractivity contribution in [2.45, 2.75) is 37.3 Å². The molecule has 0 spiro atoms. The summed E-state index contributed by atoms with van der Waals surface area (Å²) >= 11 is 1.33. The molecule has 2 aromatic rings. The number of carbonyl (C=O) groups is 3. The van der Waals surface area contributed by atoms with Crippen LogP contribution < -0.4 is 5.32 Å². The molecule has 2 aromatic carbocycles. The maximum Gasteiger partial charge on any atom is 0.307 e. The van der Waals surface area contributed by atoms with Gasteiger partial charge in [-0.15, -0.1) is 11.8 Å². The Labute approximate surface area is 162 Å². The van der Waals surface area contributed by atoms with Gasteiger partial charge in [-0.3, -0.25) is 14.4 Å². The van der Waals surface area contributed by atoms with Gasteiger partial charge in [0.1, 0.15) is 0 Å². The molecule has 0 aromatic heterocycles. The summed E-state index contributed by atoms with van der Waals surface area (Å²) in [6, 6.07) is 11.3. The number of carbonyl (C=O) groups excluding carboxylic acids is 3. The Morgan fingerprint density at radius 3 is 2.48 bits per heavy atom. The predicted octanol–water partition coefficient (Wildman–Crippen LogP) is 3.84. The Morgan fingerprint density at radius 2 is 1.78 bits per heavy atom. The number of anilines is 1. The molecule has 1 atom stereocenters. The van der Waals surface area contributed by atoms with E-state index < -0.39 is 11.2 Å². The van der Waals surface area contributed by atoms with Crippen LogP contribution in [-0.4, -0.2) is 29.5 Å². The van der Waals surface area contributed by atoms with Gasteiger partial charge in [-0.2, -0.15) is 0 Å². The van der Waals surface area contributed by atoms with Crippen LogP contribution in [-0.2, 0) is 14.3 Å². The molecular weight excluding hydrogens is 362 g/mol. The molecule has 6 heteroatoms. The third kappa shape index (κ3) is 4.39. The number of aryl methyl sites for hydroxylation is 3. The monoisotopic (exact) mass is 383 g/mol. The number of fused-ring (bicyclic) bond motifs is 1. The first-order valence-electron chi connectivity index (χ1n) is 8.68. The van der Waals surface area contributed by atoms with Crippen LogP contribution in [0.2, 0.25) is 0 Å². The minimum absolute atomic E-state index is 0.0794. The molecular formula is C21H21NO4S. The van der Waals surface area contributed by atoms with Crippen LogP contribution >= 0.6 is 11.8 Å². The highest BCUT2D eigenvalue weighted by Crippen LogP contribution is 2.36. The zero-order chi connectivity index (χ0) is 19.6. The smallest absolute Gasteiger partial charge is 0.307 e. The summed E-state index contributed by atoms with van der Waals surface area (Å²) in [4.78, 5) is 37.7. The predicted molar refractivity (Wildman–Crippen MR) is 105 cm³/mol. The summed E-state index contributed by atoms with van der Waals surface area (Å²) in [7, 11) is 0. The van der Waals surface area contributed by atoms with Crippen molar-refractivity contribution in [3.05, 3.63) is 58.7 Å². The minimum atomic E-state index is -0.564. The summed E-state index contributed by atoms with van der Waals surface area (Å²) in [5, 5.41) is 2.23. The molecule has 0 saturated heterocycles. The molecule has 0 bridgehead atoms. The second-order valence-corrected chi connectivity index (χ2v) is 7.90. The number of Topliss-reactive ketones (excluding diaryl/α,β-unsaturated/α-hetero) is 1. The second kappa shape index (κ2) is 7.96. The van der Waals surface area contributed by atoms with E-state index in [1.54, 1.807) is 0 Å². The lowest BCUT2D eigenvalue weighted by molar-refractivity contribution is -0.143. The Hall–Kier alpha value is -2.60. The lowest BCUT2D eigenvalue weighted by Crippen LogP contribution is -2.31. The second-order valence-electron chi connectivity index (χ2n) is 6.65. The third-order valence-corrected chi connectivity index (χ3v) is 5.65. The van der Waals surface area contributed by atoms with E-state index >= 15 is 0 Å². The Kier molecular flexibility index (Phi) is 5.65. The van der Waals surface area contributed by atoms with Crippen LogP contribution in [0.25, 0.3) is 0 Å². The zero-order valence-electron chi connectivity index (χ0n) is 15.5.